The Hall–Kier alpha value is -1.29. The Morgan fingerprint density at radius 1 is 1.21 bits per heavy atom. The van der Waals surface area contributed by atoms with Crippen molar-refractivity contribution in [1.29, 1.82) is 0 Å². The van der Waals surface area contributed by atoms with Gasteiger partial charge in [0.15, 0.2) is 0 Å². The van der Waals surface area contributed by atoms with E-state index in [1.807, 2.05) is 27.7 Å². The minimum Gasteiger partial charge on any atom is -0.355 e. The van der Waals surface area contributed by atoms with E-state index in [4.69, 9.17) is 0 Å². The van der Waals surface area contributed by atoms with Crippen molar-refractivity contribution in [3.8, 4) is 0 Å². The van der Waals surface area contributed by atoms with Crippen molar-refractivity contribution in [2.24, 2.45) is 0 Å². The normalized spacial score (nSPS) is 17.1. The Morgan fingerprint density at radius 3 is 2.93 bits per heavy atom. The number of rotatable bonds is 10. The van der Waals surface area contributed by atoms with Gasteiger partial charge in [0.05, 0.1) is 4.90 Å². The van der Waals surface area contributed by atoms with E-state index < -0.39 is 10.0 Å². The summed E-state index contributed by atoms with van der Waals surface area (Å²) in [7, 11) is 0.257. The summed E-state index contributed by atoms with van der Waals surface area (Å²) >= 11 is 0. The summed E-state index contributed by atoms with van der Waals surface area (Å²) in [4.78, 5) is 16.1. The molecule has 9 heteroatoms. The third kappa shape index (κ3) is 6.10. The van der Waals surface area contributed by atoms with Crippen LogP contribution in [-0.4, -0.2) is 43.4 Å². The van der Waals surface area contributed by atoms with Crippen molar-refractivity contribution in [3.63, 3.8) is 0 Å². The number of amides is 1. The molecule has 0 saturated carbocycles. The molecule has 1 aliphatic heterocycles. The van der Waals surface area contributed by atoms with Crippen molar-refractivity contribution in [3.05, 3.63) is 36.7 Å². The first-order chi connectivity index (χ1) is 13.6. The second-order valence-corrected chi connectivity index (χ2v) is 11.2. The number of aromatic nitrogens is 1. The zero-order chi connectivity index (χ0) is 19.8. The van der Waals surface area contributed by atoms with Gasteiger partial charge in [-0.15, -0.1) is 0 Å². The van der Waals surface area contributed by atoms with E-state index in [1.54, 1.807) is 30.6 Å². The molecule has 1 atom stereocenters. The number of unbranched alkanes of at least 4 members (excludes halogenated alkanes) is 1. The van der Waals surface area contributed by atoms with E-state index in [0.717, 1.165) is 23.5 Å². The molecule has 1 aromatic heterocycles. The van der Waals surface area contributed by atoms with Gasteiger partial charge in [0, 0.05) is 53.7 Å². The molecule has 0 spiro atoms. The highest BCUT2D eigenvalue weighted by molar-refractivity contribution is 8.77. The van der Waals surface area contributed by atoms with Crippen LogP contribution >= 0.6 is 21.6 Å². The molecular formula is C19H25N3O3S3. The molecule has 2 aromatic rings. The standard InChI is InChI=1S/C19H25N3O3S3/c23-19(7-2-1-5-16-9-13-26-27-16)21-11-12-22-28(24,25)18-6-3-4-15-14-20-10-8-17(15)18/h3-4,6,8,10,14,16,22H,1-2,5,7,9,11-13H2,(H,21,23). The molecule has 0 bridgehead atoms. The van der Waals surface area contributed by atoms with E-state index in [9.17, 15) is 13.2 Å². The Balaban J connectivity index is 1.38. The average Bonchev–Trinajstić information content (AvgIpc) is 3.22. The summed E-state index contributed by atoms with van der Waals surface area (Å²) in [5.74, 6) is 1.21. The maximum atomic E-state index is 12.6. The summed E-state index contributed by atoms with van der Waals surface area (Å²) < 4.78 is 27.7. The molecule has 2 N–H and O–H groups in total. The predicted molar refractivity (Wildman–Crippen MR) is 117 cm³/mol. The van der Waals surface area contributed by atoms with Crippen LogP contribution in [0.5, 0.6) is 0 Å². The van der Waals surface area contributed by atoms with E-state index in [-0.39, 0.29) is 23.9 Å². The molecule has 1 saturated heterocycles. The topological polar surface area (TPSA) is 88.2 Å². The number of sulfonamides is 1. The Bertz CT molecular complexity index is 894. The molecule has 1 amide bonds. The van der Waals surface area contributed by atoms with Crippen LogP contribution < -0.4 is 10.0 Å². The predicted octanol–water partition coefficient (Wildman–Crippen LogP) is 3.34. The van der Waals surface area contributed by atoms with Gasteiger partial charge < -0.3 is 5.32 Å². The molecule has 3 rings (SSSR count). The lowest BCUT2D eigenvalue weighted by Gasteiger charge is -2.10. The number of carbonyl (C=O) groups excluding carboxylic acids is 1. The fourth-order valence-corrected chi connectivity index (χ4v) is 7.39. The van der Waals surface area contributed by atoms with E-state index >= 15 is 0 Å². The molecule has 6 nitrogen and oxygen atoms in total. The highest BCUT2D eigenvalue weighted by Crippen LogP contribution is 2.39. The number of nitrogens with zero attached hydrogens (tertiary/aromatic N) is 1. The molecule has 0 aliphatic carbocycles. The first-order valence-corrected chi connectivity index (χ1v) is 13.3. The SMILES string of the molecule is O=C(CCCCC1CCSS1)NCCNS(=O)(=O)c1cccc2cnccc12. The van der Waals surface area contributed by atoms with Crippen LogP contribution in [0.1, 0.15) is 32.1 Å². The maximum absolute atomic E-state index is 12.6. The van der Waals surface area contributed by atoms with Gasteiger partial charge >= 0.3 is 0 Å². The molecule has 1 fully saturated rings. The Labute approximate surface area is 174 Å². The van der Waals surface area contributed by atoms with Crippen LogP contribution in [0.4, 0.5) is 0 Å². The van der Waals surface area contributed by atoms with Gasteiger partial charge in [-0.3, -0.25) is 9.78 Å². The second kappa shape index (κ2) is 10.5. The Kier molecular flexibility index (Phi) is 8.01. The summed E-state index contributed by atoms with van der Waals surface area (Å²) in [6.07, 6.45) is 8.09. The molecule has 1 aromatic carbocycles. The van der Waals surface area contributed by atoms with Crippen molar-refractivity contribution in [1.82, 2.24) is 15.0 Å². The van der Waals surface area contributed by atoms with Crippen molar-refractivity contribution < 1.29 is 13.2 Å². The van der Waals surface area contributed by atoms with Gasteiger partial charge in [-0.05, 0) is 31.4 Å². The number of pyridine rings is 1. The highest BCUT2D eigenvalue weighted by atomic mass is 33.1. The number of hydrogen-bond acceptors (Lipinski definition) is 6. The number of fused-ring (bicyclic) bond motifs is 1. The quantitative estimate of drug-likeness (QED) is 0.436. The van der Waals surface area contributed by atoms with Gasteiger partial charge in [-0.25, -0.2) is 13.1 Å². The molecule has 2 heterocycles. The van der Waals surface area contributed by atoms with Crippen LogP contribution in [0.25, 0.3) is 10.8 Å². The van der Waals surface area contributed by atoms with Crippen LogP contribution in [0.3, 0.4) is 0 Å². The molecule has 0 radical (unpaired) electrons. The molecule has 1 aliphatic rings. The van der Waals surface area contributed by atoms with Gasteiger partial charge in [0.25, 0.3) is 0 Å². The summed E-state index contributed by atoms with van der Waals surface area (Å²) in [5, 5.41) is 4.93. The molecule has 28 heavy (non-hydrogen) atoms. The van der Waals surface area contributed by atoms with Crippen LogP contribution in [0, 0.1) is 0 Å². The minimum atomic E-state index is -3.65. The van der Waals surface area contributed by atoms with Gasteiger partial charge in [0.1, 0.15) is 0 Å². The number of nitrogens with one attached hydrogen (secondary N) is 2. The van der Waals surface area contributed by atoms with Gasteiger partial charge in [-0.2, -0.15) is 0 Å². The highest BCUT2D eigenvalue weighted by Gasteiger charge is 2.17. The second-order valence-electron chi connectivity index (χ2n) is 6.68. The number of hydrogen-bond donors (Lipinski definition) is 2. The number of benzene rings is 1. The summed E-state index contributed by atoms with van der Waals surface area (Å²) in [5.41, 5.74) is 0. The molecule has 1 unspecified atom stereocenters. The van der Waals surface area contributed by atoms with Crippen LogP contribution in [0.15, 0.2) is 41.6 Å². The molecular weight excluding hydrogens is 414 g/mol. The van der Waals surface area contributed by atoms with E-state index in [0.29, 0.717) is 11.8 Å². The van der Waals surface area contributed by atoms with Crippen LogP contribution in [0.2, 0.25) is 0 Å². The maximum Gasteiger partial charge on any atom is 0.241 e. The Morgan fingerprint density at radius 2 is 2.11 bits per heavy atom. The van der Waals surface area contributed by atoms with Crippen LogP contribution in [-0.2, 0) is 14.8 Å². The summed E-state index contributed by atoms with van der Waals surface area (Å²) in [6, 6.07) is 6.79. The van der Waals surface area contributed by atoms with Crippen molar-refractivity contribution in [2.45, 2.75) is 42.2 Å². The van der Waals surface area contributed by atoms with E-state index in [1.165, 1.54) is 18.6 Å². The third-order valence-electron chi connectivity index (χ3n) is 4.58. The lowest BCUT2D eigenvalue weighted by molar-refractivity contribution is -0.121. The lowest BCUT2D eigenvalue weighted by Crippen LogP contribution is -2.34. The third-order valence-corrected chi connectivity index (χ3v) is 9.10. The fraction of sp³-hybridized carbons (Fsp3) is 0.474. The van der Waals surface area contributed by atoms with E-state index in [2.05, 4.69) is 15.0 Å². The molecule has 152 valence electrons. The fourth-order valence-electron chi connectivity index (χ4n) is 3.10. The lowest BCUT2D eigenvalue weighted by atomic mass is 10.1. The monoisotopic (exact) mass is 439 g/mol. The zero-order valence-corrected chi connectivity index (χ0v) is 18.0. The minimum absolute atomic E-state index is 0.0242. The first kappa shape index (κ1) is 21.4. The first-order valence-electron chi connectivity index (χ1n) is 9.44. The largest absolute Gasteiger partial charge is 0.355 e. The van der Waals surface area contributed by atoms with Gasteiger partial charge in [0.2, 0.25) is 15.9 Å². The van der Waals surface area contributed by atoms with Crippen molar-refractivity contribution in [2.75, 3.05) is 18.8 Å². The summed E-state index contributed by atoms with van der Waals surface area (Å²) in [6.45, 7) is 0.435. The zero-order valence-electron chi connectivity index (χ0n) is 15.6. The number of carbonyl (C=O) groups is 1. The van der Waals surface area contributed by atoms with Crippen molar-refractivity contribution >= 4 is 48.3 Å². The smallest absolute Gasteiger partial charge is 0.241 e. The van der Waals surface area contributed by atoms with Gasteiger partial charge in [-0.1, -0.05) is 40.1 Å². The average molecular weight is 440 g/mol.